The molecule has 17 heavy (non-hydrogen) atoms. The molecule has 0 atom stereocenters. The second-order valence-corrected chi connectivity index (χ2v) is 3.70. The molecule has 0 spiro atoms. The molecule has 0 fully saturated rings. The molecule has 0 radical (unpaired) electrons. The summed E-state index contributed by atoms with van der Waals surface area (Å²) in [5, 5.41) is 5.50. The number of amides is 2. The summed E-state index contributed by atoms with van der Waals surface area (Å²) in [5.74, 6) is -0.128. The Labute approximate surface area is 101 Å². The smallest absolute Gasteiger partial charge is 0.238 e. The molecule has 0 saturated carbocycles. The molecule has 0 aromatic heterocycles. The molecule has 0 unspecified atom stereocenters. The summed E-state index contributed by atoms with van der Waals surface area (Å²) >= 11 is 0. The topological polar surface area (TPSA) is 61.4 Å². The van der Waals surface area contributed by atoms with Crippen LogP contribution in [0.3, 0.4) is 0 Å². The Morgan fingerprint density at radius 2 is 1.82 bits per heavy atom. The van der Waals surface area contributed by atoms with Crippen molar-refractivity contribution in [3.05, 3.63) is 24.3 Å². The lowest BCUT2D eigenvalue weighted by Crippen LogP contribution is -2.25. The Balaban J connectivity index is 2.68. The molecule has 1 aromatic rings. The number of carbonyl (C=O) groups is 2. The summed E-state index contributed by atoms with van der Waals surface area (Å²) in [6.07, 6.45) is 0. The third-order valence-electron chi connectivity index (χ3n) is 2.35. The van der Waals surface area contributed by atoms with E-state index >= 15 is 0 Å². The number of nitrogens with zero attached hydrogens (tertiary/aromatic N) is 1. The van der Waals surface area contributed by atoms with Crippen LogP contribution in [-0.2, 0) is 9.59 Å². The van der Waals surface area contributed by atoms with Gasteiger partial charge in [-0.25, -0.2) is 0 Å². The molecule has 2 amide bonds. The lowest BCUT2D eigenvalue weighted by molar-refractivity contribution is -0.116. The van der Waals surface area contributed by atoms with Crippen molar-refractivity contribution in [2.24, 2.45) is 0 Å². The van der Waals surface area contributed by atoms with Crippen LogP contribution in [0.2, 0.25) is 0 Å². The monoisotopic (exact) mass is 235 g/mol. The number of carbonyl (C=O) groups excluding carboxylic acids is 2. The molecule has 1 rings (SSSR count). The molecule has 92 valence electrons. The third-order valence-corrected chi connectivity index (χ3v) is 2.35. The predicted octanol–water partition coefficient (Wildman–Crippen LogP) is 0.827. The largest absolute Gasteiger partial charge is 0.325 e. The van der Waals surface area contributed by atoms with Gasteiger partial charge in [-0.15, -0.1) is 0 Å². The average Bonchev–Trinajstić information content (AvgIpc) is 2.29. The van der Waals surface area contributed by atoms with Crippen LogP contribution in [0, 0.1) is 0 Å². The summed E-state index contributed by atoms with van der Waals surface area (Å²) in [5.41, 5.74) is 1.51. The van der Waals surface area contributed by atoms with Gasteiger partial charge in [0.05, 0.1) is 6.54 Å². The van der Waals surface area contributed by atoms with Crippen LogP contribution in [0.25, 0.3) is 0 Å². The Kier molecular flexibility index (Phi) is 4.66. The number of hydrogen-bond acceptors (Lipinski definition) is 3. The molecule has 0 aliphatic carbocycles. The van der Waals surface area contributed by atoms with Crippen LogP contribution in [-0.4, -0.2) is 32.5 Å². The standard InChI is InChI=1S/C12H17N3O2/c1-9(16)15(3)11-6-4-10(5-7-11)14-12(17)8-13-2/h4-7,13H,8H2,1-3H3,(H,14,17). The lowest BCUT2D eigenvalue weighted by atomic mass is 10.2. The van der Waals surface area contributed by atoms with Crippen LogP contribution in [0.1, 0.15) is 6.92 Å². The first-order valence-corrected chi connectivity index (χ1v) is 5.33. The fourth-order valence-electron chi connectivity index (χ4n) is 1.32. The highest BCUT2D eigenvalue weighted by atomic mass is 16.2. The average molecular weight is 235 g/mol. The Bertz CT molecular complexity index is 401. The Hall–Kier alpha value is -1.88. The minimum absolute atomic E-state index is 0.0306. The van der Waals surface area contributed by atoms with E-state index in [0.29, 0.717) is 5.69 Å². The quantitative estimate of drug-likeness (QED) is 0.812. The number of anilines is 2. The van der Waals surface area contributed by atoms with Gasteiger partial charge in [-0.1, -0.05) is 0 Å². The summed E-state index contributed by atoms with van der Waals surface area (Å²) in [6.45, 7) is 1.78. The van der Waals surface area contributed by atoms with Gasteiger partial charge in [0.1, 0.15) is 0 Å². The van der Waals surface area contributed by atoms with Crippen LogP contribution in [0.15, 0.2) is 24.3 Å². The van der Waals surface area contributed by atoms with E-state index < -0.39 is 0 Å². The van der Waals surface area contributed by atoms with Gasteiger partial charge in [0.25, 0.3) is 0 Å². The summed E-state index contributed by atoms with van der Waals surface area (Å²) in [4.78, 5) is 24.0. The van der Waals surface area contributed by atoms with Crippen molar-refractivity contribution in [3.63, 3.8) is 0 Å². The maximum Gasteiger partial charge on any atom is 0.238 e. The SMILES string of the molecule is CNCC(=O)Nc1ccc(N(C)C(C)=O)cc1. The first-order chi connectivity index (χ1) is 8.04. The summed E-state index contributed by atoms with van der Waals surface area (Å²) in [7, 11) is 3.42. The Morgan fingerprint density at radius 1 is 1.24 bits per heavy atom. The number of likely N-dealkylation sites (N-methyl/N-ethyl adjacent to an activating group) is 1. The zero-order valence-electron chi connectivity index (χ0n) is 10.3. The van der Waals surface area contributed by atoms with Crippen molar-refractivity contribution < 1.29 is 9.59 Å². The molecule has 5 nitrogen and oxygen atoms in total. The van der Waals surface area contributed by atoms with E-state index in [1.54, 1.807) is 43.3 Å². The molecule has 1 aromatic carbocycles. The molecule has 0 aliphatic rings. The molecule has 0 saturated heterocycles. The molecule has 0 aliphatic heterocycles. The molecular weight excluding hydrogens is 218 g/mol. The zero-order valence-corrected chi connectivity index (χ0v) is 10.3. The second kappa shape index (κ2) is 6.00. The fourth-order valence-corrected chi connectivity index (χ4v) is 1.32. The van der Waals surface area contributed by atoms with Crippen molar-refractivity contribution in [2.75, 3.05) is 30.9 Å². The predicted molar refractivity (Wildman–Crippen MR) is 68.1 cm³/mol. The first kappa shape index (κ1) is 13.2. The van der Waals surface area contributed by atoms with Gasteiger partial charge in [-0.2, -0.15) is 0 Å². The molecular formula is C12H17N3O2. The number of hydrogen-bond donors (Lipinski definition) is 2. The number of benzene rings is 1. The van der Waals surface area contributed by atoms with E-state index in [4.69, 9.17) is 0 Å². The maximum atomic E-state index is 11.3. The van der Waals surface area contributed by atoms with E-state index in [2.05, 4.69) is 10.6 Å². The van der Waals surface area contributed by atoms with Gasteiger partial charge < -0.3 is 15.5 Å². The maximum absolute atomic E-state index is 11.3. The van der Waals surface area contributed by atoms with Gasteiger partial charge in [-0.3, -0.25) is 9.59 Å². The highest BCUT2D eigenvalue weighted by Gasteiger charge is 2.05. The summed E-state index contributed by atoms with van der Waals surface area (Å²) in [6, 6.07) is 7.11. The van der Waals surface area contributed by atoms with Crippen molar-refractivity contribution in [2.45, 2.75) is 6.92 Å². The van der Waals surface area contributed by atoms with Crippen molar-refractivity contribution in [1.82, 2.24) is 5.32 Å². The van der Waals surface area contributed by atoms with E-state index in [0.717, 1.165) is 5.69 Å². The van der Waals surface area contributed by atoms with Crippen LogP contribution in [0.4, 0.5) is 11.4 Å². The van der Waals surface area contributed by atoms with Crippen molar-refractivity contribution in [1.29, 1.82) is 0 Å². The van der Waals surface area contributed by atoms with Crippen LogP contribution < -0.4 is 15.5 Å². The van der Waals surface area contributed by atoms with Gasteiger partial charge in [-0.05, 0) is 31.3 Å². The molecule has 2 N–H and O–H groups in total. The minimum Gasteiger partial charge on any atom is -0.325 e. The van der Waals surface area contributed by atoms with E-state index in [-0.39, 0.29) is 18.4 Å². The van der Waals surface area contributed by atoms with E-state index in [9.17, 15) is 9.59 Å². The molecule has 0 bridgehead atoms. The third kappa shape index (κ3) is 3.88. The van der Waals surface area contributed by atoms with Crippen molar-refractivity contribution >= 4 is 23.2 Å². The van der Waals surface area contributed by atoms with Gasteiger partial charge in [0, 0.05) is 25.3 Å². The highest BCUT2D eigenvalue weighted by Crippen LogP contribution is 2.16. The highest BCUT2D eigenvalue weighted by molar-refractivity contribution is 5.93. The van der Waals surface area contributed by atoms with Gasteiger partial charge >= 0.3 is 0 Å². The van der Waals surface area contributed by atoms with Gasteiger partial charge in [0.2, 0.25) is 11.8 Å². The van der Waals surface area contributed by atoms with Crippen LogP contribution in [0.5, 0.6) is 0 Å². The number of rotatable bonds is 4. The molecule has 0 heterocycles. The number of nitrogens with one attached hydrogen (secondary N) is 2. The summed E-state index contributed by atoms with van der Waals surface area (Å²) < 4.78 is 0. The molecule has 5 heteroatoms. The zero-order chi connectivity index (χ0) is 12.8. The minimum atomic E-state index is -0.0971. The fraction of sp³-hybridized carbons (Fsp3) is 0.333. The lowest BCUT2D eigenvalue weighted by Gasteiger charge is -2.15. The van der Waals surface area contributed by atoms with E-state index in [1.165, 1.54) is 6.92 Å². The van der Waals surface area contributed by atoms with Gasteiger partial charge in [0.15, 0.2) is 0 Å². The normalized spacial score (nSPS) is 9.82. The second-order valence-electron chi connectivity index (χ2n) is 3.70. The van der Waals surface area contributed by atoms with Crippen molar-refractivity contribution in [3.8, 4) is 0 Å². The van der Waals surface area contributed by atoms with E-state index in [1.807, 2.05) is 0 Å². The van der Waals surface area contributed by atoms with Crippen LogP contribution >= 0.6 is 0 Å². The Morgan fingerprint density at radius 3 is 2.29 bits per heavy atom. The first-order valence-electron chi connectivity index (χ1n) is 5.33.